The molecule has 1 fully saturated rings. The molecular formula is C14H31N3. The number of nitrogens with one attached hydrogen (secondary N) is 1. The molecule has 0 radical (unpaired) electrons. The van der Waals surface area contributed by atoms with Gasteiger partial charge in [-0.2, -0.15) is 0 Å². The summed E-state index contributed by atoms with van der Waals surface area (Å²) in [6.45, 7) is 9.67. The maximum atomic E-state index is 3.24. The number of hydrogen-bond acceptors (Lipinski definition) is 3. The number of nitrogens with zero attached hydrogens (tertiary/aromatic N) is 2. The molecule has 0 saturated carbocycles. The van der Waals surface area contributed by atoms with E-state index >= 15 is 0 Å². The van der Waals surface area contributed by atoms with Crippen LogP contribution in [0, 0.1) is 0 Å². The smallest absolute Gasteiger partial charge is 0.0223 e. The van der Waals surface area contributed by atoms with E-state index in [0.29, 0.717) is 0 Å². The minimum Gasteiger partial charge on any atom is -0.320 e. The summed E-state index contributed by atoms with van der Waals surface area (Å²) in [7, 11) is 4.30. The maximum absolute atomic E-state index is 3.24. The molecule has 102 valence electrons. The molecule has 17 heavy (non-hydrogen) atoms. The van der Waals surface area contributed by atoms with Crippen molar-refractivity contribution in [2.75, 3.05) is 40.3 Å². The summed E-state index contributed by atoms with van der Waals surface area (Å²) >= 11 is 0. The Balaban J connectivity index is 2.46. The first-order valence-electron chi connectivity index (χ1n) is 7.28. The first-order chi connectivity index (χ1) is 8.19. The highest BCUT2D eigenvalue weighted by Gasteiger charge is 2.25. The van der Waals surface area contributed by atoms with Gasteiger partial charge in [-0.05, 0) is 66.3 Å². The van der Waals surface area contributed by atoms with Crippen LogP contribution in [0.1, 0.15) is 39.5 Å². The Hall–Kier alpha value is -0.120. The molecule has 3 heteroatoms. The lowest BCUT2D eigenvalue weighted by Gasteiger charge is -2.35. The van der Waals surface area contributed by atoms with Crippen LogP contribution in [0.3, 0.4) is 0 Å². The fraction of sp³-hybridized carbons (Fsp3) is 1.00. The van der Waals surface area contributed by atoms with Gasteiger partial charge in [-0.1, -0.05) is 6.92 Å². The summed E-state index contributed by atoms with van der Waals surface area (Å²) in [5, 5.41) is 3.24. The minimum absolute atomic E-state index is 0.736. The van der Waals surface area contributed by atoms with Crippen molar-refractivity contribution in [1.29, 1.82) is 0 Å². The van der Waals surface area contributed by atoms with Gasteiger partial charge in [0, 0.05) is 18.6 Å². The largest absolute Gasteiger partial charge is 0.320 e. The lowest BCUT2D eigenvalue weighted by molar-refractivity contribution is 0.129. The van der Waals surface area contributed by atoms with Crippen LogP contribution in [0.2, 0.25) is 0 Å². The van der Waals surface area contributed by atoms with Crippen molar-refractivity contribution in [2.45, 2.75) is 51.6 Å². The zero-order chi connectivity index (χ0) is 12.7. The summed E-state index contributed by atoms with van der Waals surface area (Å²) in [6.07, 6.45) is 5.21. The van der Waals surface area contributed by atoms with Gasteiger partial charge < -0.3 is 10.2 Å². The van der Waals surface area contributed by atoms with Crippen molar-refractivity contribution < 1.29 is 0 Å². The average molecular weight is 241 g/mol. The normalized spacial score (nSPS) is 25.8. The Morgan fingerprint density at radius 3 is 2.76 bits per heavy atom. The fourth-order valence-electron chi connectivity index (χ4n) is 2.95. The van der Waals surface area contributed by atoms with E-state index in [1.807, 2.05) is 7.05 Å². The molecule has 1 heterocycles. The molecule has 1 N–H and O–H groups in total. The van der Waals surface area contributed by atoms with Crippen LogP contribution in [0.15, 0.2) is 0 Å². The summed E-state index contributed by atoms with van der Waals surface area (Å²) in [6, 6.07) is 1.49. The highest BCUT2D eigenvalue weighted by atomic mass is 15.2. The van der Waals surface area contributed by atoms with Crippen molar-refractivity contribution in [3.63, 3.8) is 0 Å². The van der Waals surface area contributed by atoms with E-state index in [1.165, 1.54) is 45.3 Å². The van der Waals surface area contributed by atoms with E-state index in [1.54, 1.807) is 0 Å². The first-order valence-corrected chi connectivity index (χ1v) is 7.28. The molecule has 1 rings (SSSR count). The van der Waals surface area contributed by atoms with Gasteiger partial charge in [0.1, 0.15) is 0 Å². The molecule has 0 aromatic carbocycles. The molecule has 1 saturated heterocycles. The van der Waals surface area contributed by atoms with E-state index in [2.05, 4.69) is 36.0 Å². The maximum Gasteiger partial charge on any atom is 0.0223 e. The summed E-state index contributed by atoms with van der Waals surface area (Å²) in [5.41, 5.74) is 0. The Labute approximate surface area is 108 Å². The van der Waals surface area contributed by atoms with Gasteiger partial charge in [0.15, 0.2) is 0 Å². The molecule has 0 aliphatic carbocycles. The number of hydrogen-bond donors (Lipinski definition) is 1. The summed E-state index contributed by atoms with van der Waals surface area (Å²) in [4.78, 5) is 5.24. The average Bonchev–Trinajstić information content (AvgIpc) is 2.50. The third-order valence-electron chi connectivity index (χ3n) is 4.03. The van der Waals surface area contributed by atoms with Gasteiger partial charge in [-0.25, -0.2) is 0 Å². The highest BCUT2D eigenvalue weighted by Crippen LogP contribution is 2.17. The van der Waals surface area contributed by atoms with Gasteiger partial charge in [0.2, 0.25) is 0 Å². The first kappa shape index (κ1) is 14.9. The zero-order valence-electron chi connectivity index (χ0n) is 12.2. The third kappa shape index (κ3) is 4.94. The Morgan fingerprint density at radius 2 is 2.12 bits per heavy atom. The van der Waals surface area contributed by atoms with E-state index in [9.17, 15) is 0 Å². The molecule has 1 aliphatic heterocycles. The molecule has 0 amide bonds. The lowest BCUT2D eigenvalue weighted by Crippen LogP contribution is -2.44. The van der Waals surface area contributed by atoms with E-state index in [0.717, 1.165) is 18.6 Å². The molecule has 1 aliphatic rings. The third-order valence-corrected chi connectivity index (χ3v) is 4.03. The second kappa shape index (κ2) is 8.06. The van der Waals surface area contributed by atoms with Crippen LogP contribution >= 0.6 is 0 Å². The van der Waals surface area contributed by atoms with Crippen LogP contribution < -0.4 is 5.32 Å². The highest BCUT2D eigenvalue weighted by molar-refractivity contribution is 4.81. The summed E-state index contributed by atoms with van der Waals surface area (Å²) < 4.78 is 0. The predicted molar refractivity (Wildman–Crippen MR) is 75.5 cm³/mol. The molecule has 0 bridgehead atoms. The Morgan fingerprint density at radius 1 is 1.35 bits per heavy atom. The van der Waals surface area contributed by atoms with Gasteiger partial charge >= 0.3 is 0 Å². The van der Waals surface area contributed by atoms with Crippen molar-refractivity contribution >= 4 is 0 Å². The zero-order valence-corrected chi connectivity index (χ0v) is 12.2. The van der Waals surface area contributed by atoms with Gasteiger partial charge in [0.25, 0.3) is 0 Å². The topological polar surface area (TPSA) is 18.5 Å². The number of rotatable bonds is 6. The van der Waals surface area contributed by atoms with Gasteiger partial charge in [-0.15, -0.1) is 0 Å². The van der Waals surface area contributed by atoms with Crippen LogP contribution in [-0.4, -0.2) is 62.2 Å². The molecule has 2 unspecified atom stereocenters. The van der Waals surface area contributed by atoms with Crippen LogP contribution in [0.25, 0.3) is 0 Å². The predicted octanol–water partition coefficient (Wildman–Crippen LogP) is 1.79. The molecular weight excluding hydrogens is 210 g/mol. The number of likely N-dealkylation sites (N-methyl/N-ethyl adjacent to an activating group) is 1. The molecule has 3 nitrogen and oxygen atoms in total. The fourth-order valence-corrected chi connectivity index (χ4v) is 2.95. The van der Waals surface area contributed by atoms with Gasteiger partial charge in [0.05, 0.1) is 0 Å². The molecule has 0 spiro atoms. The Bertz CT molecular complexity index is 196. The van der Waals surface area contributed by atoms with Crippen molar-refractivity contribution in [1.82, 2.24) is 15.1 Å². The van der Waals surface area contributed by atoms with Crippen LogP contribution in [0.5, 0.6) is 0 Å². The quantitative estimate of drug-likeness (QED) is 0.715. The van der Waals surface area contributed by atoms with Crippen LogP contribution in [0.4, 0.5) is 0 Å². The van der Waals surface area contributed by atoms with Crippen molar-refractivity contribution in [3.05, 3.63) is 0 Å². The Kier molecular flexibility index (Phi) is 7.09. The molecule has 0 aromatic rings. The van der Waals surface area contributed by atoms with Gasteiger partial charge in [-0.3, -0.25) is 4.90 Å². The lowest BCUT2D eigenvalue weighted by atomic mass is 10.1. The standard InChI is InChI=1S/C14H31N3/c1-5-14-12-16(4)10-7-11-17(14)13(2)8-6-9-15-3/h13-15H,5-12H2,1-4H3. The van der Waals surface area contributed by atoms with Crippen molar-refractivity contribution in [3.8, 4) is 0 Å². The SMILES string of the molecule is CCC1CN(C)CCCN1C(C)CCCNC. The monoisotopic (exact) mass is 241 g/mol. The van der Waals surface area contributed by atoms with E-state index < -0.39 is 0 Å². The molecule has 2 atom stereocenters. The van der Waals surface area contributed by atoms with E-state index in [-0.39, 0.29) is 0 Å². The van der Waals surface area contributed by atoms with Crippen molar-refractivity contribution in [2.24, 2.45) is 0 Å². The minimum atomic E-state index is 0.736. The summed E-state index contributed by atoms with van der Waals surface area (Å²) in [5.74, 6) is 0. The second-order valence-corrected chi connectivity index (χ2v) is 5.51. The van der Waals surface area contributed by atoms with Crippen LogP contribution in [-0.2, 0) is 0 Å². The second-order valence-electron chi connectivity index (χ2n) is 5.51. The van der Waals surface area contributed by atoms with E-state index in [4.69, 9.17) is 0 Å². The molecule has 0 aromatic heterocycles.